The first-order valence-electron chi connectivity index (χ1n) is 7.42. The third-order valence-corrected chi connectivity index (χ3v) is 3.34. The van der Waals surface area contributed by atoms with Gasteiger partial charge in [0, 0.05) is 18.2 Å². The molecular weight excluding hydrogens is 358 g/mol. The molecule has 0 heterocycles. The fraction of sp³-hybridized carbons (Fsp3) is 0.0625. The van der Waals surface area contributed by atoms with Crippen LogP contribution in [0.1, 0.15) is 12.5 Å². The summed E-state index contributed by atoms with van der Waals surface area (Å²) in [5, 5.41) is 36.2. The molecule has 0 saturated heterocycles. The monoisotopic (exact) mass is 371 g/mol. The Kier molecular flexibility index (Phi) is 5.89. The molecule has 0 aliphatic heterocycles. The fourth-order valence-corrected chi connectivity index (χ4v) is 2.08. The zero-order valence-corrected chi connectivity index (χ0v) is 13.9. The molecule has 0 atom stereocenters. The van der Waals surface area contributed by atoms with Gasteiger partial charge < -0.3 is 0 Å². The van der Waals surface area contributed by atoms with Gasteiger partial charge in [-0.3, -0.25) is 35.8 Å². The van der Waals surface area contributed by atoms with Gasteiger partial charge in [0.05, 0.1) is 27.1 Å². The molecule has 2 rings (SSSR count). The number of nitrogens with one attached hydrogen (secondary N) is 1. The number of nitro benzene ring substituents is 3. The molecule has 0 saturated carbocycles. The largest absolute Gasteiger partial charge is 0.301 e. The van der Waals surface area contributed by atoms with Crippen LogP contribution in [0, 0.1) is 30.3 Å². The lowest BCUT2D eigenvalue weighted by Crippen LogP contribution is -1.98. The Morgan fingerprint density at radius 3 is 2.07 bits per heavy atom. The molecule has 0 aliphatic rings. The normalized spacial score (nSPS) is 11.4. The van der Waals surface area contributed by atoms with Gasteiger partial charge in [0.25, 0.3) is 11.4 Å². The van der Waals surface area contributed by atoms with Crippen molar-refractivity contribution >= 4 is 35.0 Å². The second-order valence-electron chi connectivity index (χ2n) is 5.32. The quantitative estimate of drug-likeness (QED) is 0.439. The highest BCUT2D eigenvalue weighted by Gasteiger charge is 2.19. The number of allylic oxidation sites excluding steroid dienone is 1. The number of hydrogen-bond donors (Lipinski definition) is 1. The van der Waals surface area contributed by atoms with Crippen LogP contribution in [-0.2, 0) is 0 Å². The summed E-state index contributed by atoms with van der Waals surface area (Å²) in [6, 6.07) is 9.06. The van der Waals surface area contributed by atoms with Crippen LogP contribution in [0.25, 0.3) is 6.08 Å². The summed E-state index contributed by atoms with van der Waals surface area (Å²) < 4.78 is 0. The average molecular weight is 371 g/mol. The highest BCUT2D eigenvalue weighted by Crippen LogP contribution is 2.28. The van der Waals surface area contributed by atoms with E-state index in [0.717, 1.165) is 12.1 Å². The Hall–Kier alpha value is -4.15. The van der Waals surface area contributed by atoms with Gasteiger partial charge in [-0.1, -0.05) is 6.08 Å². The lowest BCUT2D eigenvalue weighted by molar-refractivity contribution is -0.393. The number of hydrogen-bond acceptors (Lipinski definition) is 8. The maximum absolute atomic E-state index is 11.0. The van der Waals surface area contributed by atoms with E-state index in [1.54, 1.807) is 25.1 Å². The summed E-state index contributed by atoms with van der Waals surface area (Å²) in [6.07, 6.45) is 3.10. The van der Waals surface area contributed by atoms with Crippen LogP contribution >= 0.6 is 0 Å². The molecule has 138 valence electrons. The first-order chi connectivity index (χ1) is 12.8. The maximum Gasteiger partial charge on any atom is 0.301 e. The Balaban J connectivity index is 2.13. The summed E-state index contributed by atoms with van der Waals surface area (Å²) in [7, 11) is 0. The Morgan fingerprint density at radius 2 is 1.52 bits per heavy atom. The predicted octanol–water partition coefficient (Wildman–Crippen LogP) is 3.91. The Morgan fingerprint density at radius 1 is 0.926 bits per heavy atom. The first-order valence-corrected chi connectivity index (χ1v) is 7.42. The van der Waals surface area contributed by atoms with Crippen LogP contribution in [0.4, 0.5) is 22.7 Å². The van der Waals surface area contributed by atoms with E-state index in [1.165, 1.54) is 24.4 Å². The van der Waals surface area contributed by atoms with Crippen molar-refractivity contribution < 1.29 is 14.8 Å². The Bertz CT molecular complexity index is 952. The second-order valence-corrected chi connectivity index (χ2v) is 5.32. The van der Waals surface area contributed by atoms with Crippen LogP contribution in [0.5, 0.6) is 0 Å². The lowest BCUT2D eigenvalue weighted by Gasteiger charge is -2.02. The minimum absolute atomic E-state index is 0.00462. The van der Waals surface area contributed by atoms with Gasteiger partial charge in [-0.2, -0.15) is 5.10 Å². The number of rotatable bonds is 7. The van der Waals surface area contributed by atoms with E-state index in [0.29, 0.717) is 11.1 Å². The summed E-state index contributed by atoms with van der Waals surface area (Å²) in [4.78, 5) is 30.4. The standard InChI is InChI=1S/C16H13N5O6/c1-11(8-12-2-4-13(5-3-12)19(22)23)10-17-18-15-7-6-14(20(24)25)9-16(15)21(26)27/h2-10,18H,1H3/b11-8+,17-10-. The van der Waals surface area contributed by atoms with Crippen molar-refractivity contribution in [3.05, 3.63) is 83.9 Å². The van der Waals surface area contributed by atoms with E-state index in [9.17, 15) is 30.3 Å². The second kappa shape index (κ2) is 8.29. The van der Waals surface area contributed by atoms with E-state index in [4.69, 9.17) is 0 Å². The summed E-state index contributed by atoms with van der Waals surface area (Å²) >= 11 is 0. The van der Waals surface area contributed by atoms with Crippen molar-refractivity contribution in [1.82, 2.24) is 0 Å². The minimum atomic E-state index is -0.746. The van der Waals surface area contributed by atoms with E-state index in [1.807, 2.05) is 0 Å². The molecule has 0 unspecified atom stereocenters. The highest BCUT2D eigenvalue weighted by molar-refractivity contribution is 5.85. The third-order valence-electron chi connectivity index (χ3n) is 3.34. The van der Waals surface area contributed by atoms with E-state index in [-0.39, 0.29) is 11.4 Å². The lowest BCUT2D eigenvalue weighted by atomic mass is 10.1. The van der Waals surface area contributed by atoms with Gasteiger partial charge in [-0.05, 0) is 36.3 Å². The summed E-state index contributed by atoms with van der Waals surface area (Å²) in [5.74, 6) is 0. The number of hydrazone groups is 1. The molecule has 0 aliphatic carbocycles. The Labute approximate surface area is 152 Å². The van der Waals surface area contributed by atoms with Gasteiger partial charge in [0.1, 0.15) is 5.69 Å². The van der Waals surface area contributed by atoms with Crippen molar-refractivity contribution in [2.75, 3.05) is 5.43 Å². The molecule has 0 spiro atoms. The molecule has 2 aromatic carbocycles. The topological polar surface area (TPSA) is 154 Å². The molecular formula is C16H13N5O6. The molecule has 0 amide bonds. The molecule has 11 nitrogen and oxygen atoms in total. The van der Waals surface area contributed by atoms with Crippen LogP contribution in [0.15, 0.2) is 53.1 Å². The zero-order valence-electron chi connectivity index (χ0n) is 13.9. The van der Waals surface area contributed by atoms with Crippen molar-refractivity contribution in [1.29, 1.82) is 0 Å². The van der Waals surface area contributed by atoms with Gasteiger partial charge >= 0.3 is 5.69 Å². The van der Waals surface area contributed by atoms with Gasteiger partial charge in [0.2, 0.25) is 0 Å². The number of nitro groups is 3. The highest BCUT2D eigenvalue weighted by atomic mass is 16.6. The molecule has 0 aromatic heterocycles. The van der Waals surface area contributed by atoms with Crippen LogP contribution < -0.4 is 5.43 Å². The average Bonchev–Trinajstić information content (AvgIpc) is 2.62. The summed E-state index contributed by atoms with van der Waals surface area (Å²) in [6.45, 7) is 1.72. The molecule has 0 radical (unpaired) electrons. The SMILES string of the molecule is CC(/C=N\Nc1ccc([N+](=O)[O-])cc1[N+](=O)[O-])=C\c1ccc([N+](=O)[O-])cc1. The molecule has 1 N–H and O–H groups in total. The molecule has 0 bridgehead atoms. The first kappa shape index (κ1) is 19.2. The number of benzene rings is 2. The van der Waals surface area contributed by atoms with Gasteiger partial charge in [-0.25, -0.2) is 0 Å². The van der Waals surface area contributed by atoms with E-state index in [2.05, 4.69) is 10.5 Å². The predicted molar refractivity (Wildman–Crippen MR) is 98.6 cm³/mol. The van der Waals surface area contributed by atoms with Crippen molar-refractivity contribution in [2.24, 2.45) is 5.10 Å². The molecule has 2 aromatic rings. The summed E-state index contributed by atoms with van der Waals surface area (Å²) in [5.41, 5.74) is 2.97. The number of nitrogens with zero attached hydrogens (tertiary/aromatic N) is 4. The zero-order chi connectivity index (χ0) is 20.0. The van der Waals surface area contributed by atoms with Gasteiger partial charge in [-0.15, -0.1) is 0 Å². The maximum atomic E-state index is 11.0. The number of anilines is 1. The fourth-order valence-electron chi connectivity index (χ4n) is 2.08. The number of non-ortho nitro benzene ring substituents is 2. The van der Waals surface area contributed by atoms with Crippen molar-refractivity contribution in [3.63, 3.8) is 0 Å². The molecule has 27 heavy (non-hydrogen) atoms. The third kappa shape index (κ3) is 5.16. The smallest absolute Gasteiger partial charge is 0.272 e. The minimum Gasteiger partial charge on any atom is -0.272 e. The van der Waals surface area contributed by atoms with E-state index >= 15 is 0 Å². The molecule has 0 fully saturated rings. The molecule has 11 heteroatoms. The van der Waals surface area contributed by atoms with Crippen LogP contribution in [0.3, 0.4) is 0 Å². The van der Waals surface area contributed by atoms with Crippen LogP contribution in [-0.4, -0.2) is 21.0 Å². The van der Waals surface area contributed by atoms with Crippen molar-refractivity contribution in [2.45, 2.75) is 6.92 Å². The van der Waals surface area contributed by atoms with Crippen LogP contribution in [0.2, 0.25) is 0 Å². The van der Waals surface area contributed by atoms with E-state index < -0.39 is 26.1 Å². The van der Waals surface area contributed by atoms with Gasteiger partial charge in [0.15, 0.2) is 0 Å². The van der Waals surface area contributed by atoms with Crippen molar-refractivity contribution in [3.8, 4) is 0 Å².